The van der Waals surface area contributed by atoms with Crippen molar-refractivity contribution in [2.24, 2.45) is 0 Å². The second-order valence-electron chi connectivity index (χ2n) is 8.36. The summed E-state index contributed by atoms with van der Waals surface area (Å²) in [6, 6.07) is 14.4. The standard InChI is InChI=1S/C22H22N.C2H7Si.2ClH.Zr/c1-15(23(2)3)16-8-9-17(12-16)18-10-11-22-20(13-18)14-19-6-4-5-7-21(19)22;1-3-2;;;/h4-8,10-12,15H,9,14H2,1-3H3;3H,1-2H3;2*1H;/q;;;;+2/p-2. The summed E-state index contributed by atoms with van der Waals surface area (Å²) < 4.78 is 1.81. The Morgan fingerprint density at radius 1 is 0.966 bits per heavy atom. The van der Waals surface area contributed by atoms with E-state index in [1.807, 2.05) is 3.27 Å². The van der Waals surface area contributed by atoms with Gasteiger partial charge in [0.1, 0.15) is 0 Å². The zero-order valence-corrected chi connectivity index (χ0v) is 23.0. The summed E-state index contributed by atoms with van der Waals surface area (Å²) in [4.78, 5) is 2.31. The van der Waals surface area contributed by atoms with Gasteiger partial charge in [-0.3, -0.25) is 0 Å². The zero-order valence-electron chi connectivity index (χ0n) is 17.9. The molecule has 0 bridgehead atoms. The third-order valence-corrected chi connectivity index (χ3v) is 14.6. The van der Waals surface area contributed by atoms with Crippen LogP contribution < -0.4 is 28.1 Å². The average Bonchev–Trinajstić information content (AvgIpc) is 3.26. The molecule has 0 aliphatic heterocycles. The van der Waals surface area contributed by atoms with Crippen LogP contribution in [0.15, 0.2) is 54.1 Å². The summed E-state index contributed by atoms with van der Waals surface area (Å²) in [5.41, 5.74) is 10.8. The van der Waals surface area contributed by atoms with Gasteiger partial charge in [-0.15, -0.1) is 0 Å². The molecule has 2 aromatic carbocycles. The van der Waals surface area contributed by atoms with Crippen molar-refractivity contribution < 1.29 is 47.2 Å². The third kappa shape index (κ3) is 4.91. The maximum Gasteiger partial charge on any atom is -1.00 e. The second kappa shape index (κ2) is 10.2. The molecule has 0 amide bonds. The summed E-state index contributed by atoms with van der Waals surface area (Å²) in [7, 11) is 4.35. The van der Waals surface area contributed by atoms with Gasteiger partial charge in [0.2, 0.25) is 0 Å². The van der Waals surface area contributed by atoms with Gasteiger partial charge in [-0.2, -0.15) is 0 Å². The Morgan fingerprint density at radius 2 is 1.66 bits per heavy atom. The van der Waals surface area contributed by atoms with Crippen molar-refractivity contribution in [1.29, 1.82) is 0 Å². The number of fused-ring (bicyclic) bond motifs is 3. The van der Waals surface area contributed by atoms with Crippen LogP contribution in [0.4, 0.5) is 0 Å². The van der Waals surface area contributed by atoms with E-state index in [9.17, 15) is 0 Å². The number of rotatable bonds is 5. The number of benzene rings is 2. The minimum absolute atomic E-state index is 0. The molecule has 29 heavy (non-hydrogen) atoms. The first-order valence-electron chi connectivity index (χ1n) is 10.0. The Kier molecular flexibility index (Phi) is 8.77. The molecule has 0 saturated heterocycles. The molecule has 4 rings (SSSR count). The van der Waals surface area contributed by atoms with Gasteiger partial charge in [0.25, 0.3) is 0 Å². The molecule has 1 nitrogen and oxygen atoms in total. The Hall–Kier alpha value is -0.440. The number of halogens is 2. The number of hydrogen-bond donors (Lipinski definition) is 0. The zero-order chi connectivity index (χ0) is 19.1. The van der Waals surface area contributed by atoms with Gasteiger partial charge >= 0.3 is 177 Å². The van der Waals surface area contributed by atoms with Gasteiger partial charge in [0.15, 0.2) is 0 Å². The summed E-state index contributed by atoms with van der Waals surface area (Å²) >= 11 is -0.489. The average molecular weight is 522 g/mol. The number of allylic oxidation sites excluding steroid dienone is 2. The fourth-order valence-corrected chi connectivity index (χ4v) is 13.0. The molecule has 5 heteroatoms. The predicted octanol–water partition coefficient (Wildman–Crippen LogP) is -1.38. The molecule has 1 unspecified atom stereocenters. The molecule has 2 aliphatic carbocycles. The Bertz CT molecular complexity index is 950. The van der Waals surface area contributed by atoms with E-state index in [4.69, 9.17) is 0 Å². The van der Waals surface area contributed by atoms with E-state index >= 15 is 0 Å². The molecular formula is C24H29Cl2NSiZr. The second-order valence-corrected chi connectivity index (χ2v) is 22.8. The molecule has 0 N–H and O–H groups in total. The summed E-state index contributed by atoms with van der Waals surface area (Å²) in [6.45, 7) is 7.42. The van der Waals surface area contributed by atoms with Crippen LogP contribution in [0.2, 0.25) is 13.1 Å². The van der Waals surface area contributed by atoms with Gasteiger partial charge in [-0.25, -0.2) is 0 Å². The van der Waals surface area contributed by atoms with Gasteiger partial charge < -0.3 is 24.8 Å². The predicted molar refractivity (Wildman–Crippen MR) is 117 cm³/mol. The van der Waals surface area contributed by atoms with E-state index in [0.29, 0.717) is 6.04 Å². The van der Waals surface area contributed by atoms with Crippen molar-refractivity contribution in [2.75, 3.05) is 14.1 Å². The fraction of sp³-hybridized carbons (Fsp3) is 0.333. The van der Waals surface area contributed by atoms with Gasteiger partial charge in [-0.05, 0) is 0 Å². The summed E-state index contributed by atoms with van der Waals surface area (Å²) in [5, 5.41) is 0. The molecule has 0 spiro atoms. The minimum Gasteiger partial charge on any atom is -1.00 e. The van der Waals surface area contributed by atoms with E-state index < -0.39 is 28.3 Å². The normalized spacial score (nSPS) is 15.0. The van der Waals surface area contributed by atoms with Crippen molar-refractivity contribution in [1.82, 2.24) is 4.90 Å². The molecule has 0 heterocycles. The van der Waals surface area contributed by atoms with Gasteiger partial charge in [0.05, 0.1) is 0 Å². The maximum absolute atomic E-state index is 2.55. The first-order valence-corrected chi connectivity index (χ1v) is 18.4. The number of nitrogens with zero attached hydrogens (tertiary/aromatic N) is 1. The topological polar surface area (TPSA) is 3.24 Å². The SMILES string of the molecule is CC(C1=CCC(c2ccc3c([c]2[Zr+2][SiH](C)C)Cc2ccccc2-3)=C1)N(C)C.[Cl-].[Cl-]. The van der Waals surface area contributed by atoms with Gasteiger partial charge in [0, 0.05) is 0 Å². The van der Waals surface area contributed by atoms with Crippen molar-refractivity contribution in [3.8, 4) is 11.1 Å². The Morgan fingerprint density at radius 3 is 2.34 bits per heavy atom. The van der Waals surface area contributed by atoms with Crippen LogP contribution in [0.3, 0.4) is 0 Å². The monoisotopic (exact) mass is 519 g/mol. The van der Waals surface area contributed by atoms with Crippen LogP contribution in [0.25, 0.3) is 16.7 Å². The van der Waals surface area contributed by atoms with E-state index in [2.05, 4.69) is 87.6 Å². The van der Waals surface area contributed by atoms with Crippen molar-refractivity contribution >= 4 is 14.8 Å². The molecule has 2 aromatic rings. The molecular weight excluding hydrogens is 492 g/mol. The van der Waals surface area contributed by atoms with Crippen LogP contribution in [0.1, 0.15) is 30.0 Å². The largest absolute Gasteiger partial charge is 1.00 e. The molecule has 152 valence electrons. The maximum atomic E-state index is 2.55. The Balaban J connectivity index is 0.00000150. The molecule has 0 fully saturated rings. The quantitative estimate of drug-likeness (QED) is 0.375. The van der Waals surface area contributed by atoms with Crippen LogP contribution in [-0.2, 0) is 28.8 Å². The van der Waals surface area contributed by atoms with E-state index in [-0.39, 0.29) is 24.8 Å². The Labute approximate surface area is 200 Å². The third-order valence-electron chi connectivity index (χ3n) is 5.92. The van der Waals surface area contributed by atoms with Crippen molar-refractivity contribution in [3.05, 3.63) is 70.8 Å². The van der Waals surface area contributed by atoms with Gasteiger partial charge in [-0.1, -0.05) is 0 Å². The van der Waals surface area contributed by atoms with Crippen molar-refractivity contribution in [3.63, 3.8) is 0 Å². The first kappa shape index (κ1) is 24.8. The molecule has 1 atom stereocenters. The fourth-order valence-electron chi connectivity index (χ4n) is 4.26. The molecule has 0 aromatic heterocycles. The molecule has 0 radical (unpaired) electrons. The van der Waals surface area contributed by atoms with Crippen LogP contribution >= 0.6 is 0 Å². The van der Waals surface area contributed by atoms with Crippen LogP contribution in [-0.4, -0.2) is 31.0 Å². The van der Waals surface area contributed by atoms with E-state index in [1.165, 1.54) is 22.3 Å². The number of likely N-dealkylation sites (N-methyl/N-ethyl adjacent to an activating group) is 1. The summed E-state index contributed by atoms with van der Waals surface area (Å²) in [6.07, 6.45) is 7.19. The van der Waals surface area contributed by atoms with Crippen LogP contribution in [0, 0.1) is 0 Å². The van der Waals surface area contributed by atoms with E-state index in [0.717, 1.165) is 12.8 Å². The first-order chi connectivity index (χ1) is 13.0. The van der Waals surface area contributed by atoms with Crippen molar-refractivity contribution in [2.45, 2.75) is 38.9 Å². The molecule has 0 saturated carbocycles. The number of hydrogen-bond acceptors (Lipinski definition) is 1. The smallest absolute Gasteiger partial charge is 1.00 e. The minimum atomic E-state index is -0.534. The summed E-state index contributed by atoms with van der Waals surface area (Å²) in [5.74, 6) is -0.534. The van der Waals surface area contributed by atoms with Crippen LogP contribution in [0.5, 0.6) is 0 Å². The van der Waals surface area contributed by atoms with E-state index in [1.54, 1.807) is 16.7 Å². The molecule has 2 aliphatic rings.